The van der Waals surface area contributed by atoms with Gasteiger partial charge in [0.2, 0.25) is 0 Å². The first-order valence-corrected chi connectivity index (χ1v) is 6.79. The van der Waals surface area contributed by atoms with Crippen molar-refractivity contribution in [3.05, 3.63) is 29.3 Å². The lowest BCUT2D eigenvalue weighted by Gasteiger charge is -2.24. The number of hydrogen-bond acceptors (Lipinski definition) is 1. The van der Waals surface area contributed by atoms with Crippen molar-refractivity contribution in [3.63, 3.8) is 0 Å². The van der Waals surface area contributed by atoms with Gasteiger partial charge in [0, 0.05) is 12.2 Å². The van der Waals surface area contributed by atoms with Gasteiger partial charge in [0.15, 0.2) is 5.96 Å². The molecule has 0 unspecified atom stereocenters. The summed E-state index contributed by atoms with van der Waals surface area (Å²) in [4.78, 5) is 4.38. The molecule has 1 aromatic rings. The average molecular weight is 373 g/mol. The lowest BCUT2D eigenvalue weighted by molar-refractivity contribution is 0.300. The molecule has 0 spiro atoms. The van der Waals surface area contributed by atoms with Crippen LogP contribution in [0.2, 0.25) is 0 Å². The second kappa shape index (κ2) is 7.72. The Kier molecular flexibility index (Phi) is 6.62. The van der Waals surface area contributed by atoms with E-state index in [4.69, 9.17) is 5.73 Å². The van der Waals surface area contributed by atoms with Gasteiger partial charge in [-0.2, -0.15) is 0 Å². The highest BCUT2D eigenvalue weighted by atomic mass is 127. The Balaban J connectivity index is 0.00000180. The summed E-state index contributed by atoms with van der Waals surface area (Å²) < 4.78 is 0. The van der Waals surface area contributed by atoms with E-state index >= 15 is 0 Å². The quantitative estimate of drug-likeness (QED) is 0.479. The van der Waals surface area contributed by atoms with E-state index < -0.39 is 0 Å². The van der Waals surface area contributed by atoms with Gasteiger partial charge in [-0.1, -0.05) is 25.3 Å². The molecule has 2 rings (SSSR count). The first-order chi connectivity index (χ1) is 8.63. The number of anilines is 1. The third-order valence-corrected chi connectivity index (χ3v) is 3.54. The van der Waals surface area contributed by atoms with E-state index in [1.54, 1.807) is 0 Å². The maximum atomic E-state index is 5.89. The Hall–Kier alpha value is -0.780. The van der Waals surface area contributed by atoms with Gasteiger partial charge in [0.25, 0.3) is 0 Å². The molecule has 1 aliphatic carbocycles. The highest BCUT2D eigenvalue weighted by Crippen LogP contribution is 2.29. The van der Waals surface area contributed by atoms with Crippen molar-refractivity contribution in [3.8, 4) is 0 Å². The molecule has 0 heterocycles. The van der Waals surface area contributed by atoms with E-state index in [9.17, 15) is 0 Å². The van der Waals surface area contributed by atoms with Crippen LogP contribution in [-0.4, -0.2) is 12.5 Å². The number of aryl methyl sites for hydroxylation is 2. The molecule has 19 heavy (non-hydrogen) atoms. The summed E-state index contributed by atoms with van der Waals surface area (Å²) in [6.45, 7) is 5.01. The smallest absolute Gasteiger partial charge is 0.193 e. The summed E-state index contributed by atoms with van der Waals surface area (Å²) in [7, 11) is 0. The largest absolute Gasteiger partial charge is 0.370 e. The van der Waals surface area contributed by atoms with Gasteiger partial charge >= 0.3 is 0 Å². The molecule has 0 saturated heterocycles. The van der Waals surface area contributed by atoms with Crippen LogP contribution in [0.4, 0.5) is 5.69 Å². The molecule has 0 bridgehead atoms. The number of benzene rings is 1. The van der Waals surface area contributed by atoms with E-state index in [-0.39, 0.29) is 24.0 Å². The summed E-state index contributed by atoms with van der Waals surface area (Å²) >= 11 is 0. The van der Waals surface area contributed by atoms with Crippen LogP contribution >= 0.6 is 24.0 Å². The van der Waals surface area contributed by atoms with Gasteiger partial charge in [-0.15, -0.1) is 24.0 Å². The zero-order valence-corrected chi connectivity index (χ0v) is 14.1. The van der Waals surface area contributed by atoms with Crippen molar-refractivity contribution >= 4 is 35.6 Å². The van der Waals surface area contributed by atoms with Crippen molar-refractivity contribution in [2.24, 2.45) is 16.6 Å². The van der Waals surface area contributed by atoms with Crippen LogP contribution in [0.25, 0.3) is 0 Å². The SMILES string of the molecule is Cc1cc(C)cc(NC(N)=NCCC2CCC2)c1.I. The van der Waals surface area contributed by atoms with Crippen LogP contribution in [0.1, 0.15) is 36.8 Å². The van der Waals surface area contributed by atoms with Gasteiger partial charge in [-0.05, 0) is 49.4 Å². The summed E-state index contributed by atoms with van der Waals surface area (Å²) in [5.41, 5.74) is 9.39. The van der Waals surface area contributed by atoms with E-state index in [2.05, 4.69) is 42.4 Å². The first-order valence-electron chi connectivity index (χ1n) is 6.79. The molecule has 4 heteroatoms. The lowest BCUT2D eigenvalue weighted by atomic mass is 9.83. The van der Waals surface area contributed by atoms with Gasteiger partial charge in [0.05, 0.1) is 0 Å². The van der Waals surface area contributed by atoms with Gasteiger partial charge < -0.3 is 11.1 Å². The molecule has 1 aliphatic rings. The summed E-state index contributed by atoms with van der Waals surface area (Å²) in [5.74, 6) is 1.42. The zero-order chi connectivity index (χ0) is 13.0. The highest BCUT2D eigenvalue weighted by molar-refractivity contribution is 14.0. The Morgan fingerprint density at radius 2 is 1.89 bits per heavy atom. The average Bonchev–Trinajstić information content (AvgIpc) is 2.20. The van der Waals surface area contributed by atoms with Crippen LogP contribution in [0.15, 0.2) is 23.2 Å². The number of rotatable bonds is 4. The minimum Gasteiger partial charge on any atom is -0.370 e. The number of nitrogens with zero attached hydrogens (tertiary/aromatic N) is 1. The third kappa shape index (κ3) is 5.38. The second-order valence-corrected chi connectivity index (χ2v) is 5.35. The molecule has 106 valence electrons. The van der Waals surface area contributed by atoms with Crippen LogP contribution in [0, 0.1) is 19.8 Å². The van der Waals surface area contributed by atoms with E-state index in [0.717, 1.165) is 18.2 Å². The molecule has 1 saturated carbocycles. The molecule has 0 amide bonds. The topological polar surface area (TPSA) is 50.4 Å². The highest BCUT2D eigenvalue weighted by Gasteiger charge is 2.16. The minimum atomic E-state index is 0. The second-order valence-electron chi connectivity index (χ2n) is 5.35. The van der Waals surface area contributed by atoms with Crippen molar-refractivity contribution in [1.82, 2.24) is 0 Å². The third-order valence-electron chi connectivity index (χ3n) is 3.54. The van der Waals surface area contributed by atoms with Gasteiger partial charge in [-0.25, -0.2) is 0 Å². The van der Waals surface area contributed by atoms with Crippen molar-refractivity contribution in [2.75, 3.05) is 11.9 Å². The molecule has 1 aromatic carbocycles. The van der Waals surface area contributed by atoms with E-state index in [1.807, 2.05) is 0 Å². The fourth-order valence-electron chi connectivity index (χ4n) is 2.38. The van der Waals surface area contributed by atoms with Gasteiger partial charge in [-0.3, -0.25) is 4.99 Å². The summed E-state index contributed by atoms with van der Waals surface area (Å²) in [6, 6.07) is 6.32. The van der Waals surface area contributed by atoms with Crippen molar-refractivity contribution in [1.29, 1.82) is 0 Å². The minimum absolute atomic E-state index is 0. The van der Waals surface area contributed by atoms with Crippen LogP contribution < -0.4 is 11.1 Å². The molecular weight excluding hydrogens is 349 g/mol. The first kappa shape index (κ1) is 16.3. The Morgan fingerprint density at radius 3 is 2.42 bits per heavy atom. The van der Waals surface area contributed by atoms with E-state index in [0.29, 0.717) is 5.96 Å². The Labute approximate surface area is 133 Å². The molecule has 0 atom stereocenters. The standard InChI is InChI=1S/C15H23N3.HI/c1-11-8-12(2)10-14(9-11)18-15(16)17-7-6-13-4-3-5-13;/h8-10,13H,3-7H2,1-2H3,(H3,16,17,18);1H. The number of nitrogens with two attached hydrogens (primary N) is 1. The van der Waals surface area contributed by atoms with Crippen LogP contribution in [0.5, 0.6) is 0 Å². The fraction of sp³-hybridized carbons (Fsp3) is 0.533. The van der Waals surface area contributed by atoms with Crippen LogP contribution in [0.3, 0.4) is 0 Å². The number of halogens is 1. The lowest BCUT2D eigenvalue weighted by Crippen LogP contribution is -2.23. The molecule has 0 aliphatic heterocycles. The van der Waals surface area contributed by atoms with Crippen LogP contribution in [-0.2, 0) is 0 Å². The monoisotopic (exact) mass is 373 g/mol. The van der Waals surface area contributed by atoms with Crippen molar-refractivity contribution < 1.29 is 0 Å². The maximum Gasteiger partial charge on any atom is 0.193 e. The summed E-state index contributed by atoms with van der Waals surface area (Å²) in [5, 5.41) is 3.16. The molecule has 0 radical (unpaired) electrons. The number of guanidine groups is 1. The number of aliphatic imine (C=N–C) groups is 1. The Bertz CT molecular complexity index is 419. The predicted molar refractivity (Wildman–Crippen MR) is 93.4 cm³/mol. The normalized spacial score (nSPS) is 15.6. The van der Waals surface area contributed by atoms with E-state index in [1.165, 1.54) is 36.8 Å². The summed E-state index contributed by atoms with van der Waals surface area (Å²) in [6.07, 6.45) is 5.32. The molecule has 0 aromatic heterocycles. The molecular formula is C15H24IN3. The van der Waals surface area contributed by atoms with Gasteiger partial charge in [0.1, 0.15) is 0 Å². The molecule has 1 fully saturated rings. The maximum absolute atomic E-state index is 5.89. The fourth-order valence-corrected chi connectivity index (χ4v) is 2.38. The zero-order valence-electron chi connectivity index (χ0n) is 11.8. The molecule has 3 nitrogen and oxygen atoms in total. The van der Waals surface area contributed by atoms with Crippen molar-refractivity contribution in [2.45, 2.75) is 39.5 Å². The number of nitrogens with one attached hydrogen (secondary N) is 1. The predicted octanol–water partition coefficient (Wildman–Crippen LogP) is 3.84. The Morgan fingerprint density at radius 1 is 1.26 bits per heavy atom. The number of hydrogen-bond donors (Lipinski definition) is 2. The molecule has 3 N–H and O–H groups in total.